The Hall–Kier alpha value is -3.70. The Bertz CT molecular complexity index is 1580. The van der Waals surface area contributed by atoms with Crippen molar-refractivity contribution in [1.82, 2.24) is 9.58 Å². The van der Waals surface area contributed by atoms with Crippen LogP contribution in [0.25, 0.3) is 17.0 Å². The normalized spacial score (nSPS) is 17.1. The van der Waals surface area contributed by atoms with Crippen molar-refractivity contribution in [2.75, 3.05) is 12.9 Å². The first-order valence-electron chi connectivity index (χ1n) is 10.7. The van der Waals surface area contributed by atoms with Crippen LogP contribution in [0.3, 0.4) is 0 Å². The molecule has 3 aromatic rings. The Balaban J connectivity index is 1.45. The van der Waals surface area contributed by atoms with E-state index in [1.54, 1.807) is 6.08 Å². The predicted molar refractivity (Wildman–Crippen MR) is 138 cm³/mol. The van der Waals surface area contributed by atoms with Gasteiger partial charge in [-0.3, -0.25) is 10.2 Å². The van der Waals surface area contributed by atoms with E-state index in [-0.39, 0.29) is 21.0 Å². The number of aromatic nitrogens is 1. The highest BCUT2D eigenvalue weighted by Crippen LogP contribution is 2.31. The van der Waals surface area contributed by atoms with Crippen LogP contribution in [0.2, 0.25) is 0 Å². The van der Waals surface area contributed by atoms with Crippen LogP contribution in [0.1, 0.15) is 11.1 Å². The number of para-hydroxylation sites is 2. The SMILES string of the molecule is Cc1ccccc1OCCn1cc(/C=C2/C(=N)N3N=C(S(C)(=O)=O)SC3=NC2=O)c2ccccc21. The number of nitrogens with one attached hydrogen (secondary N) is 1. The number of aliphatic imine (C=N–C) groups is 1. The van der Waals surface area contributed by atoms with Crippen molar-refractivity contribution < 1.29 is 17.9 Å². The number of fused-ring (bicyclic) bond motifs is 2. The Labute approximate surface area is 206 Å². The lowest BCUT2D eigenvalue weighted by molar-refractivity contribution is -0.114. The molecule has 5 rings (SSSR count). The van der Waals surface area contributed by atoms with E-state index in [0.717, 1.165) is 50.8 Å². The monoisotopic (exact) mass is 507 g/mol. The molecule has 2 aliphatic rings. The molecule has 35 heavy (non-hydrogen) atoms. The topological polar surface area (TPSA) is 117 Å². The van der Waals surface area contributed by atoms with Crippen molar-refractivity contribution in [2.24, 2.45) is 10.1 Å². The molecule has 0 spiro atoms. The third kappa shape index (κ3) is 4.40. The van der Waals surface area contributed by atoms with Crippen molar-refractivity contribution in [3.63, 3.8) is 0 Å². The fraction of sp³-hybridized carbons (Fsp3) is 0.167. The molecule has 0 bridgehead atoms. The molecule has 0 fully saturated rings. The number of hydrogen-bond acceptors (Lipinski definition) is 7. The van der Waals surface area contributed by atoms with Gasteiger partial charge in [-0.1, -0.05) is 36.4 Å². The molecule has 2 aromatic carbocycles. The average Bonchev–Trinajstić information content (AvgIpc) is 3.40. The van der Waals surface area contributed by atoms with Gasteiger partial charge in [0.2, 0.25) is 19.4 Å². The van der Waals surface area contributed by atoms with Crippen molar-refractivity contribution >= 4 is 59.9 Å². The second-order valence-electron chi connectivity index (χ2n) is 8.07. The summed E-state index contributed by atoms with van der Waals surface area (Å²) in [5.74, 6) is 0.00278. The van der Waals surface area contributed by atoms with E-state index < -0.39 is 15.7 Å². The second-order valence-corrected chi connectivity index (χ2v) is 11.2. The van der Waals surface area contributed by atoms with Gasteiger partial charge in [0, 0.05) is 28.9 Å². The largest absolute Gasteiger partial charge is 0.491 e. The van der Waals surface area contributed by atoms with E-state index in [0.29, 0.717) is 13.2 Å². The number of carbonyl (C=O) groups excluding carboxylic acids is 1. The molecule has 1 aromatic heterocycles. The average molecular weight is 508 g/mol. The Morgan fingerprint density at radius 3 is 2.66 bits per heavy atom. The quantitative estimate of drug-likeness (QED) is 0.527. The number of rotatable bonds is 5. The number of ether oxygens (including phenoxy) is 1. The summed E-state index contributed by atoms with van der Waals surface area (Å²) in [5, 5.41) is 14.5. The van der Waals surface area contributed by atoms with Gasteiger partial charge in [-0.25, -0.2) is 8.42 Å². The van der Waals surface area contributed by atoms with Crippen LogP contribution >= 0.6 is 11.8 Å². The fourth-order valence-corrected chi connectivity index (χ4v) is 5.51. The van der Waals surface area contributed by atoms with E-state index in [4.69, 9.17) is 10.1 Å². The molecule has 0 radical (unpaired) electrons. The highest BCUT2D eigenvalue weighted by Gasteiger charge is 2.38. The minimum atomic E-state index is -3.59. The molecule has 11 heteroatoms. The molecule has 0 saturated carbocycles. The zero-order chi connectivity index (χ0) is 24.7. The first kappa shape index (κ1) is 23.1. The number of thioether (sulfide) groups is 1. The third-order valence-electron chi connectivity index (χ3n) is 5.56. The van der Waals surface area contributed by atoms with Crippen molar-refractivity contribution in [3.05, 3.63) is 71.4 Å². The Kier molecular flexibility index (Phi) is 5.81. The number of carbonyl (C=O) groups is 1. The summed E-state index contributed by atoms with van der Waals surface area (Å²) in [4.78, 5) is 16.7. The summed E-state index contributed by atoms with van der Waals surface area (Å²) in [6.07, 6.45) is 4.53. The molecule has 0 atom stereocenters. The van der Waals surface area contributed by atoms with E-state index in [9.17, 15) is 13.2 Å². The van der Waals surface area contributed by atoms with Gasteiger partial charge >= 0.3 is 0 Å². The molecule has 1 amide bonds. The number of amides is 1. The van der Waals surface area contributed by atoms with Gasteiger partial charge in [-0.2, -0.15) is 10.0 Å². The Morgan fingerprint density at radius 2 is 1.89 bits per heavy atom. The zero-order valence-electron chi connectivity index (χ0n) is 18.9. The first-order valence-corrected chi connectivity index (χ1v) is 13.4. The van der Waals surface area contributed by atoms with Crippen molar-refractivity contribution in [3.8, 4) is 5.75 Å². The zero-order valence-corrected chi connectivity index (χ0v) is 20.6. The number of hydrazone groups is 1. The number of benzene rings is 2. The molecular weight excluding hydrogens is 486 g/mol. The lowest BCUT2D eigenvalue weighted by atomic mass is 10.1. The predicted octanol–water partition coefficient (Wildman–Crippen LogP) is 3.65. The molecular formula is C24H21N5O4S2. The van der Waals surface area contributed by atoms with Gasteiger partial charge in [0.25, 0.3) is 5.91 Å². The van der Waals surface area contributed by atoms with Crippen LogP contribution in [0, 0.1) is 12.3 Å². The maximum Gasteiger partial charge on any atom is 0.283 e. The van der Waals surface area contributed by atoms with Gasteiger partial charge in [-0.15, -0.1) is 5.10 Å². The molecule has 0 unspecified atom stereocenters. The van der Waals surface area contributed by atoms with Crippen LogP contribution in [0.4, 0.5) is 0 Å². The minimum absolute atomic E-state index is 0.0342. The highest BCUT2D eigenvalue weighted by atomic mass is 32.3. The minimum Gasteiger partial charge on any atom is -0.491 e. The smallest absolute Gasteiger partial charge is 0.283 e. The second kappa shape index (κ2) is 8.82. The number of sulfone groups is 1. The highest BCUT2D eigenvalue weighted by molar-refractivity contribution is 8.42. The lowest BCUT2D eigenvalue weighted by Gasteiger charge is -2.19. The maximum atomic E-state index is 12.7. The summed E-state index contributed by atoms with van der Waals surface area (Å²) in [6, 6.07) is 15.6. The lowest BCUT2D eigenvalue weighted by Crippen LogP contribution is -2.35. The molecule has 178 valence electrons. The van der Waals surface area contributed by atoms with Gasteiger partial charge in [0.15, 0.2) is 5.84 Å². The van der Waals surface area contributed by atoms with E-state index in [1.807, 2.05) is 66.2 Å². The standard InChI is InChI=1S/C24H21N5O4S2/c1-15-7-3-6-10-20(15)33-12-11-28-14-16(17-8-4-5-9-19(17)28)13-18-21(25)29-23(26-22(18)30)34-24(27-29)35(2,31)32/h3-10,13-14,25H,11-12H2,1-2H3/b18-13-,25-21?. The van der Waals surface area contributed by atoms with Gasteiger partial charge in [0.05, 0.1) is 12.1 Å². The molecule has 3 heterocycles. The summed E-state index contributed by atoms with van der Waals surface area (Å²) in [7, 11) is -3.59. The summed E-state index contributed by atoms with van der Waals surface area (Å²) in [5.41, 5.74) is 2.79. The van der Waals surface area contributed by atoms with Crippen LogP contribution < -0.4 is 4.74 Å². The summed E-state index contributed by atoms with van der Waals surface area (Å²) in [6.45, 7) is 3.03. The molecule has 2 aliphatic heterocycles. The molecule has 1 N–H and O–H groups in total. The van der Waals surface area contributed by atoms with Crippen LogP contribution in [-0.4, -0.2) is 52.1 Å². The van der Waals surface area contributed by atoms with Gasteiger partial charge in [-0.05, 0) is 42.5 Å². The number of amidine groups is 2. The number of nitrogens with zero attached hydrogens (tertiary/aromatic N) is 4. The van der Waals surface area contributed by atoms with E-state index in [2.05, 4.69) is 10.1 Å². The summed E-state index contributed by atoms with van der Waals surface area (Å²) >= 11 is 0.763. The first-order chi connectivity index (χ1) is 16.7. The van der Waals surface area contributed by atoms with Gasteiger partial charge in [0.1, 0.15) is 12.4 Å². The number of aryl methyl sites for hydroxylation is 1. The molecule has 0 saturated heterocycles. The molecule has 0 aliphatic carbocycles. The molecule has 9 nitrogen and oxygen atoms in total. The van der Waals surface area contributed by atoms with Gasteiger partial charge < -0.3 is 9.30 Å². The third-order valence-corrected chi connectivity index (χ3v) is 8.13. The van der Waals surface area contributed by atoms with Crippen LogP contribution in [0.5, 0.6) is 5.75 Å². The van der Waals surface area contributed by atoms with E-state index in [1.165, 1.54) is 0 Å². The van der Waals surface area contributed by atoms with Crippen molar-refractivity contribution in [1.29, 1.82) is 5.41 Å². The number of hydrogen-bond donors (Lipinski definition) is 1. The van der Waals surface area contributed by atoms with Crippen molar-refractivity contribution in [2.45, 2.75) is 13.5 Å². The Morgan fingerprint density at radius 1 is 1.14 bits per heavy atom. The van der Waals surface area contributed by atoms with E-state index >= 15 is 0 Å². The summed E-state index contributed by atoms with van der Waals surface area (Å²) < 4.78 is 31.5. The van der Waals surface area contributed by atoms with Crippen LogP contribution in [0.15, 0.2) is 70.4 Å². The maximum absolute atomic E-state index is 12.7. The van der Waals surface area contributed by atoms with Crippen LogP contribution in [-0.2, 0) is 21.2 Å². The fourth-order valence-electron chi connectivity index (χ4n) is 3.83.